The lowest BCUT2D eigenvalue weighted by atomic mass is 10.1. The number of hydrogen-bond donors (Lipinski definition) is 0. The molecule has 0 unspecified atom stereocenters. The van der Waals surface area contributed by atoms with Gasteiger partial charge in [-0.3, -0.25) is 0 Å². The van der Waals surface area contributed by atoms with Gasteiger partial charge >= 0.3 is 0 Å². The van der Waals surface area contributed by atoms with Crippen LogP contribution in [0.5, 0.6) is 0 Å². The van der Waals surface area contributed by atoms with E-state index in [2.05, 4.69) is 13.0 Å². The van der Waals surface area contributed by atoms with Crippen LogP contribution in [-0.4, -0.2) is 4.57 Å². The maximum absolute atomic E-state index is 5.57. The van der Waals surface area contributed by atoms with Crippen LogP contribution < -0.4 is 0 Å². The fourth-order valence-electron chi connectivity index (χ4n) is 1.84. The molecular formula is C12H9NOS4. The zero-order valence-corrected chi connectivity index (χ0v) is 13.0. The molecule has 3 aromatic rings. The molecule has 1 aromatic carbocycles. The highest BCUT2D eigenvalue weighted by molar-refractivity contribution is 7.80. The third kappa shape index (κ3) is 1.80. The summed E-state index contributed by atoms with van der Waals surface area (Å²) in [5.74, 6) is 0. The topological polar surface area (TPSA) is 18.1 Å². The van der Waals surface area contributed by atoms with Crippen LogP contribution in [-0.2, 0) is 7.05 Å². The molecule has 0 atom stereocenters. The Balaban J connectivity index is 2.29. The molecule has 0 saturated heterocycles. The largest absolute Gasteiger partial charge is 0.429 e. The Morgan fingerprint density at radius 1 is 1.22 bits per heavy atom. The number of aryl methyl sites for hydroxylation is 1. The molecule has 0 saturated carbocycles. The van der Waals surface area contributed by atoms with Crippen molar-refractivity contribution < 1.29 is 4.42 Å². The minimum Gasteiger partial charge on any atom is -0.429 e. The van der Waals surface area contributed by atoms with Gasteiger partial charge in [0.2, 0.25) is 0 Å². The minimum absolute atomic E-state index is 0.497. The second kappa shape index (κ2) is 4.38. The molecule has 0 fully saturated rings. The van der Waals surface area contributed by atoms with Gasteiger partial charge in [0.25, 0.3) is 4.84 Å². The van der Waals surface area contributed by atoms with Crippen LogP contribution in [0.15, 0.2) is 22.6 Å². The number of hydrogen-bond acceptors (Lipinski definition) is 5. The molecule has 92 valence electrons. The Morgan fingerprint density at radius 2 is 2.00 bits per heavy atom. The average molecular weight is 311 g/mol. The van der Waals surface area contributed by atoms with Crippen molar-refractivity contribution in [2.24, 2.45) is 7.05 Å². The summed E-state index contributed by atoms with van der Waals surface area (Å²) < 4.78 is 8.40. The summed E-state index contributed by atoms with van der Waals surface area (Å²) in [6, 6.07) is 6.16. The van der Waals surface area contributed by atoms with Gasteiger partial charge in [0, 0.05) is 7.05 Å². The van der Waals surface area contributed by atoms with Crippen LogP contribution >= 0.6 is 45.1 Å². The van der Waals surface area contributed by atoms with E-state index in [1.807, 2.05) is 23.7 Å². The first kappa shape index (κ1) is 12.2. The molecule has 0 amide bonds. The number of nitrogens with zero attached hydrogens (tertiary/aromatic N) is 1. The molecule has 0 aliphatic heterocycles. The van der Waals surface area contributed by atoms with Crippen LogP contribution in [0.2, 0.25) is 0 Å². The molecule has 0 N–H and O–H groups in total. The van der Waals surface area contributed by atoms with Crippen LogP contribution in [0.25, 0.3) is 21.5 Å². The summed E-state index contributed by atoms with van der Waals surface area (Å²) >= 11 is 10.4. The summed E-state index contributed by atoms with van der Waals surface area (Å²) in [5, 5.41) is 0. The Kier molecular flexibility index (Phi) is 2.97. The van der Waals surface area contributed by atoms with Crippen molar-refractivity contribution in [1.82, 2.24) is 4.57 Å². The first-order valence-corrected chi connectivity index (χ1v) is 8.24. The third-order valence-electron chi connectivity index (χ3n) is 2.90. The molecule has 0 bridgehead atoms. The summed E-state index contributed by atoms with van der Waals surface area (Å²) in [6.07, 6.45) is 0. The molecule has 0 radical (unpaired) electrons. The molecule has 6 heteroatoms. The van der Waals surface area contributed by atoms with E-state index in [9.17, 15) is 0 Å². The number of aromatic nitrogens is 1. The Hall–Kier alpha value is -0.820. The summed E-state index contributed by atoms with van der Waals surface area (Å²) in [5.41, 5.74) is 4.15. The summed E-state index contributed by atoms with van der Waals surface area (Å²) in [4.78, 5) is 1.72. The van der Waals surface area contributed by atoms with Crippen molar-refractivity contribution in [3.05, 3.63) is 32.4 Å². The first-order valence-electron chi connectivity index (χ1n) is 5.27. The summed E-state index contributed by atoms with van der Waals surface area (Å²) in [7, 11) is 5.26. The molecule has 3 rings (SSSR count). The molecule has 0 spiro atoms. The maximum Gasteiger partial charge on any atom is 0.269 e. The van der Waals surface area contributed by atoms with Gasteiger partial charge in [0.05, 0.1) is 10.4 Å². The molecule has 2 nitrogen and oxygen atoms in total. The summed E-state index contributed by atoms with van der Waals surface area (Å²) in [6.45, 7) is 2.06. The van der Waals surface area contributed by atoms with Gasteiger partial charge < -0.3 is 8.98 Å². The lowest BCUT2D eigenvalue weighted by Crippen LogP contribution is -1.85. The van der Waals surface area contributed by atoms with Crippen LogP contribution in [0.3, 0.4) is 0 Å². The highest BCUT2D eigenvalue weighted by Gasteiger charge is 2.10. The van der Waals surface area contributed by atoms with Crippen LogP contribution in [0.1, 0.15) is 5.56 Å². The van der Waals surface area contributed by atoms with Crippen LogP contribution in [0.4, 0.5) is 0 Å². The highest BCUT2D eigenvalue weighted by Crippen LogP contribution is 2.35. The van der Waals surface area contributed by atoms with Crippen LogP contribution in [0, 0.1) is 15.6 Å². The molecule has 2 heterocycles. The Morgan fingerprint density at radius 3 is 2.67 bits per heavy atom. The number of fused-ring (bicyclic) bond motifs is 1. The number of rotatable bonds is 1. The fraction of sp³-hybridized carbons (Fsp3) is 0.167. The van der Waals surface area contributed by atoms with E-state index in [1.165, 1.54) is 10.4 Å². The van der Waals surface area contributed by atoms with Gasteiger partial charge in [-0.15, -0.1) is 0 Å². The standard InChI is InChI=1S/C12H9NOS4/c1-6-10(17-18-11(6)15)7-3-4-8-9(5-7)14-12(16)13(8)2/h3-5H,1-2H3. The minimum atomic E-state index is 0.497. The Bertz CT molecular complexity index is 849. The van der Waals surface area contributed by atoms with Gasteiger partial charge in [0.15, 0.2) is 5.58 Å². The Labute approximate surface area is 122 Å². The zero-order chi connectivity index (χ0) is 12.9. The van der Waals surface area contributed by atoms with Crippen molar-refractivity contribution in [1.29, 1.82) is 0 Å². The van der Waals surface area contributed by atoms with E-state index in [4.69, 9.17) is 28.9 Å². The van der Waals surface area contributed by atoms with Crippen molar-refractivity contribution in [3.8, 4) is 10.4 Å². The smallest absolute Gasteiger partial charge is 0.269 e. The van der Waals surface area contributed by atoms with E-state index in [0.717, 1.165) is 20.5 Å². The lowest BCUT2D eigenvalue weighted by molar-refractivity contribution is 0.559. The second-order valence-electron chi connectivity index (χ2n) is 4.02. The fourth-order valence-corrected chi connectivity index (χ4v) is 4.91. The SMILES string of the molecule is Cc1c(-c2ccc3c(c2)oc(=S)n3C)ssc1=S. The molecule has 2 aromatic heterocycles. The molecule has 18 heavy (non-hydrogen) atoms. The van der Waals surface area contributed by atoms with E-state index in [-0.39, 0.29) is 0 Å². The molecule has 0 aliphatic rings. The van der Waals surface area contributed by atoms with E-state index >= 15 is 0 Å². The lowest BCUT2D eigenvalue weighted by Gasteiger charge is -1.99. The highest BCUT2D eigenvalue weighted by atomic mass is 32.9. The van der Waals surface area contributed by atoms with Gasteiger partial charge in [0.1, 0.15) is 3.82 Å². The van der Waals surface area contributed by atoms with Gasteiger partial charge in [-0.1, -0.05) is 39.0 Å². The molecular weight excluding hydrogens is 302 g/mol. The van der Waals surface area contributed by atoms with Crippen molar-refractivity contribution in [2.75, 3.05) is 0 Å². The number of benzene rings is 1. The zero-order valence-electron chi connectivity index (χ0n) is 9.72. The van der Waals surface area contributed by atoms with Gasteiger partial charge in [-0.2, -0.15) is 0 Å². The normalized spacial score (nSPS) is 11.2. The van der Waals surface area contributed by atoms with E-state index in [1.54, 1.807) is 20.7 Å². The third-order valence-corrected chi connectivity index (χ3v) is 6.63. The predicted octanol–water partition coefficient (Wildman–Crippen LogP) is 5.33. The van der Waals surface area contributed by atoms with Crippen molar-refractivity contribution >= 4 is 56.2 Å². The first-order chi connectivity index (χ1) is 8.58. The monoisotopic (exact) mass is 311 g/mol. The van der Waals surface area contributed by atoms with Crippen molar-refractivity contribution in [3.63, 3.8) is 0 Å². The predicted molar refractivity (Wildman–Crippen MR) is 82.8 cm³/mol. The van der Waals surface area contributed by atoms with Gasteiger partial charge in [-0.25, -0.2) is 0 Å². The van der Waals surface area contributed by atoms with E-state index in [0.29, 0.717) is 4.84 Å². The second-order valence-corrected chi connectivity index (χ2v) is 7.18. The quantitative estimate of drug-likeness (QED) is 0.447. The number of oxazole rings is 1. The maximum atomic E-state index is 5.57. The van der Waals surface area contributed by atoms with Gasteiger partial charge in [-0.05, 0) is 42.4 Å². The van der Waals surface area contributed by atoms with E-state index < -0.39 is 0 Å². The average Bonchev–Trinajstić information content (AvgIpc) is 2.82. The van der Waals surface area contributed by atoms with Crippen molar-refractivity contribution in [2.45, 2.75) is 6.92 Å². The molecule has 0 aliphatic carbocycles.